The highest BCUT2D eigenvalue weighted by Crippen LogP contribution is 2.36. The molecule has 2 bridgehead atoms. The summed E-state index contributed by atoms with van der Waals surface area (Å²) >= 11 is 0. The second-order valence-electron chi connectivity index (χ2n) is 8.59. The fourth-order valence-corrected chi connectivity index (χ4v) is 4.09. The van der Waals surface area contributed by atoms with Crippen molar-refractivity contribution in [1.29, 1.82) is 5.26 Å². The maximum absolute atomic E-state index is 14.2. The number of ether oxygens (including phenoxy) is 1. The molecule has 12 heteroatoms. The van der Waals surface area contributed by atoms with Gasteiger partial charge in [0.25, 0.3) is 5.91 Å². The normalized spacial score (nSPS) is 14.8. The summed E-state index contributed by atoms with van der Waals surface area (Å²) in [5, 5.41) is 19.2. The lowest BCUT2D eigenvalue weighted by molar-refractivity contribution is -0.122. The van der Waals surface area contributed by atoms with Crippen LogP contribution in [0.4, 0.5) is 10.2 Å². The summed E-state index contributed by atoms with van der Waals surface area (Å²) in [6.45, 7) is 2.71. The Balaban J connectivity index is 1.89. The van der Waals surface area contributed by atoms with E-state index < -0.39 is 17.8 Å². The Bertz CT molecular complexity index is 1460. The number of hydrogen-bond acceptors (Lipinski definition) is 7. The Morgan fingerprint density at radius 1 is 1.30 bits per heavy atom. The van der Waals surface area contributed by atoms with Gasteiger partial charge in [0.1, 0.15) is 23.7 Å². The zero-order valence-corrected chi connectivity index (χ0v) is 20.6. The molecule has 0 radical (unpaired) electrons. The molecule has 37 heavy (non-hydrogen) atoms. The zero-order chi connectivity index (χ0) is 26.9. The first-order valence-corrected chi connectivity index (χ1v) is 11.3. The van der Waals surface area contributed by atoms with Gasteiger partial charge in [-0.1, -0.05) is 0 Å². The van der Waals surface area contributed by atoms with Crippen LogP contribution in [0.5, 0.6) is 5.75 Å². The number of nitrogens with zero attached hydrogens (tertiary/aromatic N) is 5. The van der Waals surface area contributed by atoms with Gasteiger partial charge >= 0.3 is 0 Å². The maximum Gasteiger partial charge on any atom is 0.254 e. The van der Waals surface area contributed by atoms with E-state index in [1.54, 1.807) is 27.1 Å². The number of halogens is 1. The van der Waals surface area contributed by atoms with Crippen molar-refractivity contribution in [1.82, 2.24) is 25.0 Å². The van der Waals surface area contributed by atoms with Gasteiger partial charge in [-0.05, 0) is 31.2 Å². The first-order valence-electron chi connectivity index (χ1n) is 11.3. The second kappa shape index (κ2) is 10.1. The van der Waals surface area contributed by atoms with Crippen LogP contribution in [0.2, 0.25) is 0 Å². The summed E-state index contributed by atoms with van der Waals surface area (Å²) in [7, 11) is 3.21. The van der Waals surface area contributed by atoms with E-state index in [9.17, 15) is 24.0 Å². The second-order valence-corrected chi connectivity index (χ2v) is 8.59. The van der Waals surface area contributed by atoms with Crippen LogP contribution >= 0.6 is 0 Å². The molecule has 2 aromatic heterocycles. The van der Waals surface area contributed by atoms with Gasteiger partial charge in [0.05, 0.1) is 18.8 Å². The van der Waals surface area contributed by atoms with Crippen LogP contribution in [0.1, 0.15) is 47.3 Å². The van der Waals surface area contributed by atoms with Crippen LogP contribution in [0, 0.1) is 17.1 Å². The Morgan fingerprint density at radius 3 is 2.76 bits per heavy atom. The molecule has 0 aliphatic carbocycles. The summed E-state index contributed by atoms with van der Waals surface area (Å²) < 4.78 is 21.8. The summed E-state index contributed by atoms with van der Waals surface area (Å²) in [5.74, 6) is -1.67. The Morgan fingerprint density at radius 2 is 2.05 bits per heavy atom. The topological polar surface area (TPSA) is 142 Å². The largest absolute Gasteiger partial charge is 0.482 e. The SMILES string of the molecule is CC(=O)NCC(=O)Nc1ncc2cc1OC(C)c1cc(F)ccc1C(=O)N(C)Cc1nn(C)c(C#N)c1-2. The minimum Gasteiger partial charge on any atom is -0.482 e. The van der Waals surface area contributed by atoms with Crippen LogP contribution in [0.15, 0.2) is 30.5 Å². The molecule has 1 aromatic carbocycles. The number of rotatable bonds is 3. The zero-order valence-electron chi connectivity index (χ0n) is 20.6. The van der Waals surface area contributed by atoms with Gasteiger partial charge in [-0.2, -0.15) is 10.4 Å². The Kier molecular flexibility index (Phi) is 6.88. The quantitative estimate of drug-likeness (QED) is 0.556. The third kappa shape index (κ3) is 5.11. The number of carbonyl (C=O) groups is 3. The van der Waals surface area contributed by atoms with Gasteiger partial charge < -0.3 is 20.3 Å². The standard InChI is InChI=1S/C25H24FN7O4/c1-13-18-8-16(26)5-6-17(18)25(36)32(3)12-19-23(20(9-27)33(4)31-19)15-7-21(37-13)24(29-10-15)30-22(35)11-28-14(2)34/h5-8,10,13H,11-12H2,1-4H3,(H,28,34)(H,29,30,35). The van der Waals surface area contributed by atoms with Crippen molar-refractivity contribution in [2.45, 2.75) is 26.5 Å². The number of carbonyl (C=O) groups excluding carboxylic acids is 3. The lowest BCUT2D eigenvalue weighted by Crippen LogP contribution is -2.31. The van der Waals surface area contributed by atoms with E-state index in [1.807, 2.05) is 0 Å². The molecule has 0 saturated heterocycles. The van der Waals surface area contributed by atoms with E-state index >= 15 is 0 Å². The molecule has 11 nitrogen and oxygen atoms in total. The molecule has 0 fully saturated rings. The van der Waals surface area contributed by atoms with Crippen molar-refractivity contribution in [2.24, 2.45) is 7.05 Å². The molecule has 1 aliphatic heterocycles. The minimum absolute atomic E-state index is 0.0494. The maximum atomic E-state index is 14.2. The smallest absolute Gasteiger partial charge is 0.254 e. The van der Waals surface area contributed by atoms with E-state index in [4.69, 9.17) is 4.74 Å². The Labute approximate surface area is 211 Å². The number of benzene rings is 1. The van der Waals surface area contributed by atoms with Gasteiger partial charge in [-0.15, -0.1) is 0 Å². The summed E-state index contributed by atoms with van der Waals surface area (Å²) in [5.41, 5.74) is 2.17. The van der Waals surface area contributed by atoms with E-state index in [1.165, 1.54) is 40.9 Å². The molecule has 1 atom stereocenters. The summed E-state index contributed by atoms with van der Waals surface area (Å²) in [4.78, 5) is 42.7. The minimum atomic E-state index is -0.825. The molecule has 190 valence electrons. The van der Waals surface area contributed by atoms with Gasteiger partial charge in [-0.25, -0.2) is 9.37 Å². The van der Waals surface area contributed by atoms with Crippen molar-refractivity contribution < 1.29 is 23.5 Å². The molecular formula is C25H24FN7O4. The molecule has 4 rings (SSSR count). The highest BCUT2D eigenvalue weighted by atomic mass is 19.1. The van der Waals surface area contributed by atoms with Gasteiger partial charge in [0.15, 0.2) is 11.6 Å². The Hall–Kier alpha value is -4.79. The van der Waals surface area contributed by atoms with E-state index in [-0.39, 0.29) is 47.7 Å². The summed E-state index contributed by atoms with van der Waals surface area (Å²) in [6.07, 6.45) is 0.628. The monoisotopic (exact) mass is 505 g/mol. The third-order valence-corrected chi connectivity index (χ3v) is 5.84. The first kappa shape index (κ1) is 25.3. The molecule has 3 aromatic rings. The van der Waals surface area contributed by atoms with E-state index in [0.29, 0.717) is 22.4 Å². The third-order valence-electron chi connectivity index (χ3n) is 5.84. The van der Waals surface area contributed by atoms with Crippen molar-refractivity contribution in [3.05, 3.63) is 58.8 Å². The van der Waals surface area contributed by atoms with Crippen LogP contribution in [-0.2, 0) is 23.2 Å². The molecule has 1 aliphatic rings. The molecule has 0 spiro atoms. The number of nitriles is 1. The number of anilines is 1. The van der Waals surface area contributed by atoms with Crippen LogP contribution < -0.4 is 15.4 Å². The van der Waals surface area contributed by atoms with E-state index in [2.05, 4.69) is 26.8 Å². The molecule has 3 amide bonds. The predicted molar refractivity (Wildman–Crippen MR) is 130 cm³/mol. The number of nitrogens with one attached hydrogen (secondary N) is 2. The van der Waals surface area contributed by atoms with Crippen LogP contribution in [0.3, 0.4) is 0 Å². The van der Waals surface area contributed by atoms with Crippen LogP contribution in [0.25, 0.3) is 11.1 Å². The van der Waals surface area contributed by atoms with Crippen molar-refractivity contribution in [3.63, 3.8) is 0 Å². The first-order chi connectivity index (χ1) is 17.6. The number of aromatic nitrogens is 3. The fraction of sp³-hybridized carbons (Fsp3) is 0.280. The molecule has 2 N–H and O–H groups in total. The van der Waals surface area contributed by atoms with Crippen LogP contribution in [-0.4, -0.2) is 51.0 Å². The van der Waals surface area contributed by atoms with E-state index in [0.717, 1.165) is 0 Å². The highest BCUT2D eigenvalue weighted by Gasteiger charge is 2.27. The molecular weight excluding hydrogens is 481 g/mol. The molecule has 0 saturated carbocycles. The van der Waals surface area contributed by atoms with Crippen molar-refractivity contribution >= 4 is 23.5 Å². The molecule has 3 heterocycles. The summed E-state index contributed by atoms with van der Waals surface area (Å²) in [6, 6.07) is 7.54. The number of pyridine rings is 1. The number of amides is 3. The van der Waals surface area contributed by atoms with Gasteiger partial charge in [-0.3, -0.25) is 19.1 Å². The fourth-order valence-electron chi connectivity index (χ4n) is 4.09. The van der Waals surface area contributed by atoms with Crippen molar-refractivity contribution in [2.75, 3.05) is 18.9 Å². The average Bonchev–Trinajstić information content (AvgIpc) is 3.17. The van der Waals surface area contributed by atoms with Gasteiger partial charge in [0, 0.05) is 49.5 Å². The predicted octanol–water partition coefficient (Wildman–Crippen LogP) is 2.29. The lowest BCUT2D eigenvalue weighted by atomic mass is 10.00. The molecule has 1 unspecified atom stereocenters. The number of hydrogen-bond donors (Lipinski definition) is 2. The lowest BCUT2D eigenvalue weighted by Gasteiger charge is -2.24. The van der Waals surface area contributed by atoms with Crippen molar-refractivity contribution in [3.8, 4) is 22.9 Å². The highest BCUT2D eigenvalue weighted by molar-refractivity contribution is 5.96. The number of aryl methyl sites for hydroxylation is 1. The van der Waals surface area contributed by atoms with Gasteiger partial charge in [0.2, 0.25) is 11.8 Å². The number of fused-ring (bicyclic) bond motifs is 5. The average molecular weight is 506 g/mol.